The van der Waals surface area contributed by atoms with E-state index in [9.17, 15) is 9.18 Å². The van der Waals surface area contributed by atoms with Gasteiger partial charge < -0.3 is 11.1 Å². The van der Waals surface area contributed by atoms with Gasteiger partial charge in [-0.05, 0) is 64.8 Å². The fraction of sp³-hybridized carbons (Fsp3) is 0.0714. The molecule has 3 N–H and O–H groups in total. The molecular weight excluding hydrogens is 311 g/mol. The molecule has 2 aromatic rings. The third-order valence-corrected chi connectivity index (χ3v) is 3.25. The van der Waals surface area contributed by atoms with Gasteiger partial charge in [-0.3, -0.25) is 4.79 Å². The van der Waals surface area contributed by atoms with Gasteiger partial charge in [-0.15, -0.1) is 0 Å². The molecule has 19 heavy (non-hydrogen) atoms. The summed E-state index contributed by atoms with van der Waals surface area (Å²) in [6.45, 7) is 1.76. The van der Waals surface area contributed by atoms with E-state index in [2.05, 4.69) is 21.2 Å². The van der Waals surface area contributed by atoms with E-state index in [0.717, 1.165) is 5.56 Å². The van der Waals surface area contributed by atoms with Gasteiger partial charge in [-0.2, -0.15) is 0 Å². The van der Waals surface area contributed by atoms with Crippen molar-refractivity contribution < 1.29 is 9.18 Å². The van der Waals surface area contributed by atoms with Crippen molar-refractivity contribution in [3.8, 4) is 0 Å². The summed E-state index contributed by atoms with van der Waals surface area (Å²) in [6, 6.07) is 9.24. The number of aryl methyl sites for hydroxylation is 1. The Morgan fingerprint density at radius 1 is 1.26 bits per heavy atom. The lowest BCUT2D eigenvalue weighted by atomic mass is 10.1. The van der Waals surface area contributed by atoms with Crippen LogP contribution >= 0.6 is 15.9 Å². The lowest BCUT2D eigenvalue weighted by Gasteiger charge is -2.07. The highest BCUT2D eigenvalue weighted by atomic mass is 79.9. The Morgan fingerprint density at radius 2 is 2.00 bits per heavy atom. The maximum absolute atomic E-state index is 13.2. The molecule has 0 saturated carbocycles. The molecule has 98 valence electrons. The third kappa shape index (κ3) is 3.32. The molecule has 3 nitrogen and oxygen atoms in total. The van der Waals surface area contributed by atoms with Gasteiger partial charge in [0.2, 0.25) is 0 Å². The molecule has 0 saturated heterocycles. The summed E-state index contributed by atoms with van der Waals surface area (Å²) in [6.07, 6.45) is 0. The zero-order valence-corrected chi connectivity index (χ0v) is 11.8. The number of anilines is 2. The van der Waals surface area contributed by atoms with Gasteiger partial charge in [0, 0.05) is 21.4 Å². The summed E-state index contributed by atoms with van der Waals surface area (Å²) in [7, 11) is 0. The Kier molecular flexibility index (Phi) is 3.85. The Morgan fingerprint density at radius 3 is 2.63 bits per heavy atom. The third-order valence-electron chi connectivity index (χ3n) is 2.56. The van der Waals surface area contributed by atoms with Crippen LogP contribution in [0.5, 0.6) is 0 Å². The largest absolute Gasteiger partial charge is 0.398 e. The van der Waals surface area contributed by atoms with Gasteiger partial charge in [0.25, 0.3) is 5.91 Å². The SMILES string of the molecule is Cc1cc(F)cc(NC(=O)c2ccc(N)c(Br)c2)c1. The van der Waals surface area contributed by atoms with Crippen LogP contribution in [0, 0.1) is 12.7 Å². The highest BCUT2D eigenvalue weighted by molar-refractivity contribution is 9.10. The molecule has 0 radical (unpaired) electrons. The van der Waals surface area contributed by atoms with Crippen LogP contribution in [0.3, 0.4) is 0 Å². The number of amides is 1. The van der Waals surface area contributed by atoms with Crippen molar-refractivity contribution in [1.29, 1.82) is 0 Å². The summed E-state index contributed by atoms with van der Waals surface area (Å²) >= 11 is 3.26. The lowest BCUT2D eigenvalue weighted by molar-refractivity contribution is 0.102. The van der Waals surface area contributed by atoms with E-state index in [0.29, 0.717) is 21.4 Å². The van der Waals surface area contributed by atoms with Crippen molar-refractivity contribution in [3.05, 3.63) is 57.8 Å². The van der Waals surface area contributed by atoms with Gasteiger partial charge >= 0.3 is 0 Å². The van der Waals surface area contributed by atoms with Crippen molar-refractivity contribution >= 4 is 33.2 Å². The molecule has 0 aliphatic carbocycles. The molecule has 0 fully saturated rings. The van der Waals surface area contributed by atoms with Crippen LogP contribution in [0.4, 0.5) is 15.8 Å². The van der Waals surface area contributed by atoms with E-state index in [1.165, 1.54) is 12.1 Å². The average molecular weight is 323 g/mol. The van der Waals surface area contributed by atoms with E-state index in [1.807, 2.05) is 0 Å². The van der Waals surface area contributed by atoms with Crippen molar-refractivity contribution in [2.75, 3.05) is 11.1 Å². The number of nitrogens with two attached hydrogens (primary N) is 1. The van der Waals surface area contributed by atoms with Crippen LogP contribution in [0.25, 0.3) is 0 Å². The smallest absolute Gasteiger partial charge is 0.255 e. The van der Waals surface area contributed by atoms with E-state index in [4.69, 9.17) is 5.73 Å². The summed E-state index contributed by atoms with van der Waals surface area (Å²) in [5.41, 5.74) is 7.82. The Bertz CT molecular complexity index is 623. The molecule has 0 aliphatic rings. The second-order valence-electron chi connectivity index (χ2n) is 4.21. The standard InChI is InChI=1S/C14H12BrFN2O/c1-8-4-10(16)7-11(5-8)18-14(19)9-2-3-13(17)12(15)6-9/h2-7H,17H2,1H3,(H,18,19). The molecule has 1 amide bonds. The number of halogens is 2. The monoisotopic (exact) mass is 322 g/mol. The van der Waals surface area contributed by atoms with Gasteiger partial charge in [0.15, 0.2) is 0 Å². The molecule has 0 atom stereocenters. The van der Waals surface area contributed by atoms with Crippen LogP contribution in [-0.2, 0) is 0 Å². The molecule has 2 rings (SSSR count). The molecular formula is C14H12BrFN2O. The first kappa shape index (κ1) is 13.5. The van der Waals surface area contributed by atoms with E-state index in [-0.39, 0.29) is 11.7 Å². The molecule has 0 bridgehead atoms. The Hall–Kier alpha value is -1.88. The Balaban J connectivity index is 2.22. The van der Waals surface area contributed by atoms with Crippen LogP contribution in [0.1, 0.15) is 15.9 Å². The van der Waals surface area contributed by atoms with Gasteiger partial charge in [0.1, 0.15) is 5.82 Å². The molecule has 0 aliphatic heterocycles. The molecule has 0 aromatic heterocycles. The summed E-state index contributed by atoms with van der Waals surface area (Å²) in [5, 5.41) is 2.65. The highest BCUT2D eigenvalue weighted by Gasteiger charge is 2.08. The molecule has 5 heteroatoms. The second-order valence-corrected chi connectivity index (χ2v) is 5.06. The van der Waals surface area contributed by atoms with E-state index in [1.54, 1.807) is 31.2 Å². The van der Waals surface area contributed by atoms with Crippen molar-refractivity contribution in [1.82, 2.24) is 0 Å². The van der Waals surface area contributed by atoms with Crippen LogP contribution < -0.4 is 11.1 Å². The number of nitrogens with one attached hydrogen (secondary N) is 1. The second kappa shape index (κ2) is 5.40. The fourth-order valence-corrected chi connectivity index (χ4v) is 2.06. The lowest BCUT2D eigenvalue weighted by Crippen LogP contribution is -2.12. The van der Waals surface area contributed by atoms with Crippen molar-refractivity contribution in [3.63, 3.8) is 0 Å². The highest BCUT2D eigenvalue weighted by Crippen LogP contribution is 2.21. The maximum Gasteiger partial charge on any atom is 0.255 e. The number of benzene rings is 2. The number of hydrogen-bond donors (Lipinski definition) is 2. The van der Waals surface area contributed by atoms with Crippen LogP contribution in [-0.4, -0.2) is 5.91 Å². The summed E-state index contributed by atoms with van der Waals surface area (Å²) < 4.78 is 13.9. The van der Waals surface area contributed by atoms with E-state index >= 15 is 0 Å². The molecule has 0 heterocycles. The Labute approximate surface area is 118 Å². The van der Waals surface area contributed by atoms with E-state index < -0.39 is 0 Å². The average Bonchev–Trinajstić information content (AvgIpc) is 2.31. The number of carbonyl (C=O) groups is 1. The number of nitrogen functional groups attached to an aromatic ring is 1. The topological polar surface area (TPSA) is 55.1 Å². The van der Waals surface area contributed by atoms with Gasteiger partial charge in [-0.25, -0.2) is 4.39 Å². The maximum atomic E-state index is 13.2. The van der Waals surface area contributed by atoms with Crippen molar-refractivity contribution in [2.45, 2.75) is 6.92 Å². The number of carbonyl (C=O) groups excluding carboxylic acids is 1. The fourth-order valence-electron chi connectivity index (χ4n) is 1.68. The minimum atomic E-state index is -0.381. The quantitative estimate of drug-likeness (QED) is 0.828. The van der Waals surface area contributed by atoms with Gasteiger partial charge in [0.05, 0.1) is 0 Å². The molecule has 2 aromatic carbocycles. The van der Waals surface area contributed by atoms with Crippen LogP contribution in [0.15, 0.2) is 40.9 Å². The zero-order valence-electron chi connectivity index (χ0n) is 10.2. The minimum Gasteiger partial charge on any atom is -0.398 e. The predicted molar refractivity (Wildman–Crippen MR) is 77.6 cm³/mol. The number of rotatable bonds is 2. The first-order valence-corrected chi connectivity index (χ1v) is 6.38. The minimum absolute atomic E-state index is 0.314. The first-order valence-electron chi connectivity index (χ1n) is 5.59. The molecule has 0 spiro atoms. The number of hydrogen-bond acceptors (Lipinski definition) is 2. The predicted octanol–water partition coefficient (Wildman–Crippen LogP) is 3.73. The normalized spacial score (nSPS) is 10.3. The summed E-state index contributed by atoms with van der Waals surface area (Å²) in [5.74, 6) is -0.695. The van der Waals surface area contributed by atoms with Crippen molar-refractivity contribution in [2.24, 2.45) is 0 Å². The summed E-state index contributed by atoms with van der Waals surface area (Å²) in [4.78, 5) is 12.0. The van der Waals surface area contributed by atoms with Crippen LogP contribution in [0.2, 0.25) is 0 Å². The zero-order chi connectivity index (χ0) is 14.0. The van der Waals surface area contributed by atoms with Gasteiger partial charge in [-0.1, -0.05) is 0 Å². The molecule has 0 unspecified atom stereocenters. The first-order chi connectivity index (χ1) is 8.95.